The summed E-state index contributed by atoms with van der Waals surface area (Å²) in [4.78, 5) is 0. The minimum absolute atomic E-state index is 0.994. The van der Waals surface area contributed by atoms with Gasteiger partial charge in [-0.15, -0.1) is 0 Å². The number of rotatable bonds is 3. The molecule has 1 aromatic carbocycles. The van der Waals surface area contributed by atoms with E-state index in [0.29, 0.717) is 0 Å². The standard InChI is InChI=1S/C13H12N2/c1-3-10-6-5-7-12(11(10)4-2)13-8-9-14-15-13/h3-9H,1-2H2,(H,14,15). The summed E-state index contributed by atoms with van der Waals surface area (Å²) in [5.41, 5.74) is 4.25. The monoisotopic (exact) mass is 196 g/mol. The number of H-pyrrole nitrogens is 1. The third kappa shape index (κ3) is 1.62. The fourth-order valence-electron chi connectivity index (χ4n) is 1.63. The van der Waals surface area contributed by atoms with Crippen LogP contribution < -0.4 is 0 Å². The first-order valence-corrected chi connectivity index (χ1v) is 4.74. The lowest BCUT2D eigenvalue weighted by molar-refractivity contribution is 1.09. The van der Waals surface area contributed by atoms with Crippen molar-refractivity contribution in [1.82, 2.24) is 10.2 Å². The summed E-state index contributed by atoms with van der Waals surface area (Å²) in [5.74, 6) is 0. The highest BCUT2D eigenvalue weighted by Gasteiger charge is 2.05. The molecule has 0 saturated carbocycles. The van der Waals surface area contributed by atoms with E-state index in [-0.39, 0.29) is 0 Å². The van der Waals surface area contributed by atoms with E-state index in [1.54, 1.807) is 6.20 Å². The van der Waals surface area contributed by atoms with Gasteiger partial charge in [0.25, 0.3) is 0 Å². The van der Waals surface area contributed by atoms with Crippen LogP contribution in [0.25, 0.3) is 23.4 Å². The molecule has 2 rings (SSSR count). The average Bonchev–Trinajstić information content (AvgIpc) is 2.81. The van der Waals surface area contributed by atoms with Gasteiger partial charge in [-0.1, -0.05) is 43.5 Å². The van der Waals surface area contributed by atoms with Gasteiger partial charge in [0.1, 0.15) is 0 Å². The topological polar surface area (TPSA) is 28.7 Å². The normalized spacial score (nSPS) is 9.87. The molecule has 0 atom stereocenters. The molecule has 1 heterocycles. The Balaban J connectivity index is 2.66. The van der Waals surface area contributed by atoms with E-state index in [4.69, 9.17) is 0 Å². The van der Waals surface area contributed by atoms with E-state index < -0.39 is 0 Å². The third-order valence-corrected chi connectivity index (χ3v) is 2.35. The lowest BCUT2D eigenvalue weighted by atomic mass is 9.99. The maximum absolute atomic E-state index is 3.94. The van der Waals surface area contributed by atoms with Crippen LogP contribution in [0.4, 0.5) is 0 Å². The highest BCUT2D eigenvalue weighted by atomic mass is 15.1. The molecule has 0 aliphatic carbocycles. The lowest BCUT2D eigenvalue weighted by Crippen LogP contribution is -1.87. The van der Waals surface area contributed by atoms with Crippen LogP contribution in [-0.2, 0) is 0 Å². The Morgan fingerprint density at radius 3 is 2.60 bits per heavy atom. The number of hydrogen-bond donors (Lipinski definition) is 1. The largest absolute Gasteiger partial charge is 0.278 e. The second-order valence-corrected chi connectivity index (χ2v) is 3.19. The first-order valence-electron chi connectivity index (χ1n) is 4.74. The van der Waals surface area contributed by atoms with Crippen molar-refractivity contribution in [1.29, 1.82) is 0 Å². The number of hydrogen-bond acceptors (Lipinski definition) is 1. The van der Waals surface area contributed by atoms with Gasteiger partial charge in [-0.2, -0.15) is 5.10 Å². The second kappa shape index (κ2) is 3.96. The molecule has 0 amide bonds. The van der Waals surface area contributed by atoms with Gasteiger partial charge in [0.05, 0.1) is 5.69 Å². The fourth-order valence-corrected chi connectivity index (χ4v) is 1.63. The number of nitrogens with one attached hydrogen (secondary N) is 1. The molecule has 74 valence electrons. The molecule has 0 spiro atoms. The number of benzene rings is 1. The van der Waals surface area contributed by atoms with Crippen molar-refractivity contribution in [3.8, 4) is 11.3 Å². The highest BCUT2D eigenvalue weighted by Crippen LogP contribution is 2.26. The molecule has 0 aliphatic rings. The zero-order valence-corrected chi connectivity index (χ0v) is 8.40. The van der Waals surface area contributed by atoms with E-state index in [1.165, 1.54) is 0 Å². The van der Waals surface area contributed by atoms with E-state index in [9.17, 15) is 0 Å². The molecule has 2 nitrogen and oxygen atoms in total. The molecule has 1 N–H and O–H groups in total. The summed E-state index contributed by atoms with van der Waals surface area (Å²) in [7, 11) is 0. The van der Waals surface area contributed by atoms with Gasteiger partial charge >= 0.3 is 0 Å². The molecule has 0 fully saturated rings. The van der Waals surface area contributed by atoms with Crippen LogP contribution in [0.3, 0.4) is 0 Å². The zero-order chi connectivity index (χ0) is 10.7. The van der Waals surface area contributed by atoms with Gasteiger partial charge < -0.3 is 0 Å². The van der Waals surface area contributed by atoms with Gasteiger partial charge in [-0.3, -0.25) is 5.10 Å². The van der Waals surface area contributed by atoms with Crippen molar-refractivity contribution in [2.24, 2.45) is 0 Å². The lowest BCUT2D eigenvalue weighted by Gasteiger charge is -2.06. The van der Waals surface area contributed by atoms with Gasteiger partial charge in [-0.05, 0) is 17.2 Å². The highest BCUT2D eigenvalue weighted by molar-refractivity contribution is 5.78. The summed E-state index contributed by atoms with van der Waals surface area (Å²) >= 11 is 0. The van der Waals surface area contributed by atoms with Gasteiger partial charge in [0, 0.05) is 11.8 Å². The Morgan fingerprint density at radius 2 is 2.00 bits per heavy atom. The van der Waals surface area contributed by atoms with Crippen molar-refractivity contribution in [2.45, 2.75) is 0 Å². The summed E-state index contributed by atoms with van der Waals surface area (Å²) in [5, 5.41) is 6.89. The Bertz CT molecular complexity index is 481. The van der Waals surface area contributed by atoms with Gasteiger partial charge in [0.2, 0.25) is 0 Å². The molecule has 0 bridgehead atoms. The van der Waals surface area contributed by atoms with Crippen LogP contribution in [-0.4, -0.2) is 10.2 Å². The molecule has 1 aromatic heterocycles. The zero-order valence-electron chi connectivity index (χ0n) is 8.40. The summed E-state index contributed by atoms with van der Waals surface area (Å²) < 4.78 is 0. The molecule has 2 aromatic rings. The molecule has 0 saturated heterocycles. The van der Waals surface area contributed by atoms with Crippen LogP contribution >= 0.6 is 0 Å². The number of nitrogens with zero attached hydrogens (tertiary/aromatic N) is 1. The van der Waals surface area contributed by atoms with Crippen LogP contribution in [0.5, 0.6) is 0 Å². The SMILES string of the molecule is C=Cc1cccc(-c2ccn[nH]2)c1C=C. The van der Waals surface area contributed by atoms with Gasteiger partial charge in [0.15, 0.2) is 0 Å². The van der Waals surface area contributed by atoms with Crippen LogP contribution in [0.15, 0.2) is 43.6 Å². The van der Waals surface area contributed by atoms with Crippen molar-refractivity contribution < 1.29 is 0 Å². The smallest absolute Gasteiger partial charge is 0.0656 e. The van der Waals surface area contributed by atoms with E-state index in [2.05, 4.69) is 23.4 Å². The predicted molar refractivity (Wildman–Crippen MR) is 64.2 cm³/mol. The van der Waals surface area contributed by atoms with E-state index in [0.717, 1.165) is 22.4 Å². The molecule has 2 heteroatoms. The summed E-state index contributed by atoms with van der Waals surface area (Å²) in [6.07, 6.45) is 5.41. The average molecular weight is 196 g/mol. The van der Waals surface area contributed by atoms with Crippen molar-refractivity contribution in [2.75, 3.05) is 0 Å². The molecule has 15 heavy (non-hydrogen) atoms. The Labute approximate surface area is 89.0 Å². The molecule has 0 radical (unpaired) electrons. The van der Waals surface area contributed by atoms with Crippen LogP contribution in [0.1, 0.15) is 11.1 Å². The van der Waals surface area contributed by atoms with E-state index >= 15 is 0 Å². The maximum atomic E-state index is 3.94. The number of aromatic amines is 1. The minimum atomic E-state index is 0.994. The Kier molecular flexibility index (Phi) is 2.50. The van der Waals surface area contributed by atoms with Crippen LogP contribution in [0.2, 0.25) is 0 Å². The second-order valence-electron chi connectivity index (χ2n) is 3.19. The molecule has 0 unspecified atom stereocenters. The molecule has 0 aliphatic heterocycles. The fraction of sp³-hybridized carbons (Fsp3) is 0. The Morgan fingerprint density at radius 1 is 1.13 bits per heavy atom. The Hall–Kier alpha value is -2.09. The van der Waals surface area contributed by atoms with Crippen molar-refractivity contribution in [3.63, 3.8) is 0 Å². The van der Waals surface area contributed by atoms with E-state index in [1.807, 2.05) is 36.4 Å². The quantitative estimate of drug-likeness (QED) is 0.801. The first-order chi connectivity index (χ1) is 7.36. The molecular formula is C13H12N2. The van der Waals surface area contributed by atoms with Crippen LogP contribution in [0, 0.1) is 0 Å². The van der Waals surface area contributed by atoms with Crippen molar-refractivity contribution in [3.05, 3.63) is 54.7 Å². The summed E-state index contributed by atoms with van der Waals surface area (Å²) in [6.45, 7) is 7.62. The number of aromatic nitrogens is 2. The maximum Gasteiger partial charge on any atom is 0.0656 e. The molecular weight excluding hydrogens is 184 g/mol. The minimum Gasteiger partial charge on any atom is -0.278 e. The third-order valence-electron chi connectivity index (χ3n) is 2.35. The first kappa shape index (κ1) is 9.46. The predicted octanol–water partition coefficient (Wildman–Crippen LogP) is 3.36. The van der Waals surface area contributed by atoms with Crippen molar-refractivity contribution >= 4 is 12.2 Å². The van der Waals surface area contributed by atoms with Gasteiger partial charge in [-0.25, -0.2) is 0 Å². The summed E-state index contributed by atoms with van der Waals surface area (Å²) in [6, 6.07) is 8.00.